The highest BCUT2D eigenvalue weighted by atomic mass is 16.5. The summed E-state index contributed by atoms with van der Waals surface area (Å²) in [6.45, 7) is 0. The summed E-state index contributed by atoms with van der Waals surface area (Å²) in [6, 6.07) is 14.1. The van der Waals surface area contributed by atoms with Crippen LogP contribution in [0, 0.1) is 11.3 Å². The van der Waals surface area contributed by atoms with Gasteiger partial charge in [0.2, 0.25) is 0 Å². The van der Waals surface area contributed by atoms with Gasteiger partial charge in [0.25, 0.3) is 0 Å². The molecular formula is C18H19NO. The molecule has 1 fully saturated rings. The molecule has 1 saturated carbocycles. The van der Waals surface area contributed by atoms with Gasteiger partial charge in [-0.2, -0.15) is 5.26 Å². The van der Waals surface area contributed by atoms with Crippen LogP contribution in [0.1, 0.15) is 44.1 Å². The van der Waals surface area contributed by atoms with Gasteiger partial charge in [0.1, 0.15) is 5.75 Å². The second kappa shape index (κ2) is 5.96. The molecule has 2 nitrogen and oxygen atoms in total. The van der Waals surface area contributed by atoms with E-state index in [1.165, 1.54) is 25.7 Å². The van der Waals surface area contributed by atoms with Crippen LogP contribution < -0.4 is 4.74 Å². The molecule has 2 aromatic carbocycles. The molecule has 0 unspecified atom stereocenters. The first-order chi connectivity index (χ1) is 9.88. The van der Waals surface area contributed by atoms with E-state index in [0.717, 1.165) is 29.4 Å². The molecule has 20 heavy (non-hydrogen) atoms. The number of ether oxygens (including phenoxy) is 1. The monoisotopic (exact) mass is 265 g/mol. The summed E-state index contributed by atoms with van der Waals surface area (Å²) in [6.07, 6.45) is 7.80. The molecule has 0 aliphatic heterocycles. The molecule has 0 aromatic heterocycles. The molecule has 1 aliphatic carbocycles. The van der Waals surface area contributed by atoms with Gasteiger partial charge in [-0.15, -0.1) is 0 Å². The van der Waals surface area contributed by atoms with E-state index < -0.39 is 0 Å². The zero-order valence-electron chi connectivity index (χ0n) is 11.6. The summed E-state index contributed by atoms with van der Waals surface area (Å²) in [4.78, 5) is 0. The highest BCUT2D eigenvalue weighted by Crippen LogP contribution is 2.31. The molecule has 0 heterocycles. The van der Waals surface area contributed by atoms with Gasteiger partial charge in [0.05, 0.1) is 17.7 Å². The fraction of sp³-hybridized carbons (Fsp3) is 0.389. The van der Waals surface area contributed by atoms with Crippen molar-refractivity contribution in [2.24, 2.45) is 0 Å². The lowest BCUT2D eigenvalue weighted by atomic mass is 10.0. The molecule has 0 atom stereocenters. The maximum absolute atomic E-state index is 9.19. The number of nitriles is 1. The molecular weight excluding hydrogens is 246 g/mol. The minimum absolute atomic E-state index is 0.328. The van der Waals surface area contributed by atoms with Crippen LogP contribution in [0.2, 0.25) is 0 Å². The van der Waals surface area contributed by atoms with Crippen LogP contribution in [-0.2, 0) is 0 Å². The highest BCUT2D eigenvalue weighted by molar-refractivity contribution is 5.92. The molecule has 2 heteroatoms. The number of hydrogen-bond acceptors (Lipinski definition) is 2. The Bertz CT molecular complexity index is 633. The maximum atomic E-state index is 9.19. The van der Waals surface area contributed by atoms with Crippen molar-refractivity contribution in [3.63, 3.8) is 0 Å². The standard InChI is InChI=1S/C18H19NO/c19-13-14-11-12-18(17-10-6-5-9-16(14)17)20-15-7-3-1-2-4-8-15/h5-6,9-12,15H,1-4,7-8H2. The molecule has 102 valence electrons. The van der Waals surface area contributed by atoms with Crippen molar-refractivity contribution in [3.8, 4) is 11.8 Å². The lowest BCUT2D eigenvalue weighted by molar-refractivity contribution is 0.186. The van der Waals surface area contributed by atoms with E-state index in [2.05, 4.69) is 6.07 Å². The van der Waals surface area contributed by atoms with Gasteiger partial charge in [0, 0.05) is 10.8 Å². The smallest absolute Gasteiger partial charge is 0.127 e. The fourth-order valence-corrected chi connectivity index (χ4v) is 3.01. The van der Waals surface area contributed by atoms with Gasteiger partial charge < -0.3 is 4.74 Å². The molecule has 0 bridgehead atoms. The van der Waals surface area contributed by atoms with Crippen LogP contribution in [0.25, 0.3) is 10.8 Å². The van der Waals surface area contributed by atoms with Crippen molar-refractivity contribution >= 4 is 10.8 Å². The number of fused-ring (bicyclic) bond motifs is 1. The predicted octanol–water partition coefficient (Wildman–Crippen LogP) is 4.81. The molecule has 0 spiro atoms. The van der Waals surface area contributed by atoms with Crippen LogP contribution in [0.5, 0.6) is 5.75 Å². The van der Waals surface area contributed by atoms with Crippen molar-refractivity contribution in [2.75, 3.05) is 0 Å². The summed E-state index contributed by atoms with van der Waals surface area (Å²) in [5, 5.41) is 11.2. The molecule has 0 radical (unpaired) electrons. The SMILES string of the molecule is N#Cc1ccc(OC2CCCCCC2)c2ccccc12. The van der Waals surface area contributed by atoms with Gasteiger partial charge in [0.15, 0.2) is 0 Å². The van der Waals surface area contributed by atoms with E-state index in [4.69, 9.17) is 4.74 Å². The number of hydrogen-bond donors (Lipinski definition) is 0. The van der Waals surface area contributed by atoms with Crippen LogP contribution in [-0.4, -0.2) is 6.10 Å². The Morgan fingerprint density at radius 3 is 2.30 bits per heavy atom. The maximum Gasteiger partial charge on any atom is 0.127 e. The summed E-state index contributed by atoms with van der Waals surface area (Å²) < 4.78 is 6.24. The van der Waals surface area contributed by atoms with Gasteiger partial charge in [-0.3, -0.25) is 0 Å². The van der Waals surface area contributed by atoms with Crippen molar-refractivity contribution in [1.29, 1.82) is 5.26 Å². The van der Waals surface area contributed by atoms with Gasteiger partial charge in [-0.25, -0.2) is 0 Å². The van der Waals surface area contributed by atoms with E-state index in [-0.39, 0.29) is 0 Å². The third kappa shape index (κ3) is 2.63. The Hall–Kier alpha value is -2.01. The Labute approximate surface area is 120 Å². The molecule has 1 aliphatic rings. The zero-order chi connectivity index (χ0) is 13.8. The van der Waals surface area contributed by atoms with E-state index in [0.29, 0.717) is 11.7 Å². The number of benzene rings is 2. The summed E-state index contributed by atoms with van der Waals surface area (Å²) >= 11 is 0. The number of nitrogens with zero attached hydrogens (tertiary/aromatic N) is 1. The Balaban J connectivity index is 1.93. The van der Waals surface area contributed by atoms with Crippen LogP contribution >= 0.6 is 0 Å². The lowest BCUT2D eigenvalue weighted by Crippen LogP contribution is -2.15. The quantitative estimate of drug-likeness (QED) is 0.730. The minimum atomic E-state index is 0.328. The number of rotatable bonds is 2. The van der Waals surface area contributed by atoms with E-state index in [1.54, 1.807) is 0 Å². The van der Waals surface area contributed by atoms with Crippen molar-refractivity contribution in [2.45, 2.75) is 44.6 Å². The topological polar surface area (TPSA) is 33.0 Å². The Kier molecular flexibility index (Phi) is 3.87. The van der Waals surface area contributed by atoms with Crippen LogP contribution in [0.3, 0.4) is 0 Å². The van der Waals surface area contributed by atoms with Gasteiger partial charge >= 0.3 is 0 Å². The molecule has 0 amide bonds. The molecule has 0 N–H and O–H groups in total. The summed E-state index contributed by atoms with van der Waals surface area (Å²) in [5.41, 5.74) is 0.716. The van der Waals surface area contributed by atoms with Gasteiger partial charge in [-0.1, -0.05) is 37.1 Å². The van der Waals surface area contributed by atoms with E-state index in [9.17, 15) is 5.26 Å². The Morgan fingerprint density at radius 2 is 1.60 bits per heavy atom. The largest absolute Gasteiger partial charge is 0.490 e. The molecule has 0 saturated heterocycles. The van der Waals surface area contributed by atoms with Crippen LogP contribution in [0.15, 0.2) is 36.4 Å². The fourth-order valence-electron chi connectivity index (χ4n) is 3.01. The highest BCUT2D eigenvalue weighted by Gasteiger charge is 2.15. The second-order valence-corrected chi connectivity index (χ2v) is 5.50. The van der Waals surface area contributed by atoms with E-state index in [1.807, 2.05) is 36.4 Å². The Morgan fingerprint density at radius 1 is 0.900 bits per heavy atom. The first-order valence-corrected chi connectivity index (χ1v) is 7.47. The van der Waals surface area contributed by atoms with Crippen molar-refractivity contribution < 1.29 is 4.74 Å². The minimum Gasteiger partial charge on any atom is -0.490 e. The molecule has 3 rings (SSSR count). The third-order valence-electron chi connectivity index (χ3n) is 4.10. The zero-order valence-corrected chi connectivity index (χ0v) is 11.6. The summed E-state index contributed by atoms with van der Waals surface area (Å²) in [7, 11) is 0. The predicted molar refractivity (Wildman–Crippen MR) is 80.8 cm³/mol. The summed E-state index contributed by atoms with van der Waals surface area (Å²) in [5.74, 6) is 0.923. The third-order valence-corrected chi connectivity index (χ3v) is 4.10. The second-order valence-electron chi connectivity index (χ2n) is 5.50. The first-order valence-electron chi connectivity index (χ1n) is 7.47. The van der Waals surface area contributed by atoms with Crippen LogP contribution in [0.4, 0.5) is 0 Å². The van der Waals surface area contributed by atoms with E-state index >= 15 is 0 Å². The normalized spacial score (nSPS) is 16.6. The first kappa shape index (κ1) is 13.0. The average Bonchev–Trinajstić information content (AvgIpc) is 2.76. The van der Waals surface area contributed by atoms with Crippen molar-refractivity contribution in [1.82, 2.24) is 0 Å². The average molecular weight is 265 g/mol. The van der Waals surface area contributed by atoms with Gasteiger partial charge in [-0.05, 0) is 37.8 Å². The lowest BCUT2D eigenvalue weighted by Gasteiger charge is -2.18. The van der Waals surface area contributed by atoms with Crippen molar-refractivity contribution in [3.05, 3.63) is 42.0 Å². The molecule has 2 aromatic rings.